The van der Waals surface area contributed by atoms with E-state index in [9.17, 15) is 0 Å². The summed E-state index contributed by atoms with van der Waals surface area (Å²) in [5.74, 6) is 0. The smallest absolute Gasteiger partial charge is 0.0489 e. The molecule has 0 saturated carbocycles. The summed E-state index contributed by atoms with van der Waals surface area (Å²) in [6, 6.07) is 8.76. The molecule has 98 valence electrons. The minimum absolute atomic E-state index is 0.636. The van der Waals surface area contributed by atoms with E-state index in [1.54, 1.807) is 0 Å². The van der Waals surface area contributed by atoms with Gasteiger partial charge in [0, 0.05) is 28.3 Å². The van der Waals surface area contributed by atoms with Crippen LogP contribution in [0, 0.1) is 6.92 Å². The van der Waals surface area contributed by atoms with Gasteiger partial charge in [-0.1, -0.05) is 6.07 Å². The van der Waals surface area contributed by atoms with Gasteiger partial charge in [0.1, 0.15) is 0 Å². The normalized spacial score (nSPS) is 31.6. The number of nitrogens with zero attached hydrogens (tertiary/aromatic N) is 1. The zero-order valence-electron chi connectivity index (χ0n) is 11.1. The van der Waals surface area contributed by atoms with Crippen LogP contribution in [-0.4, -0.2) is 30.1 Å². The van der Waals surface area contributed by atoms with Crippen molar-refractivity contribution in [1.82, 2.24) is 4.90 Å². The molecule has 2 nitrogen and oxygen atoms in total. The minimum atomic E-state index is 0.636. The third kappa shape index (κ3) is 2.30. The fourth-order valence-corrected chi connectivity index (χ4v) is 3.86. The Labute approximate surface area is 118 Å². The average molecular weight is 309 g/mol. The van der Waals surface area contributed by atoms with Crippen molar-refractivity contribution in [1.29, 1.82) is 0 Å². The van der Waals surface area contributed by atoms with Crippen LogP contribution in [-0.2, 0) is 0 Å². The molecule has 2 bridgehead atoms. The van der Waals surface area contributed by atoms with Crippen LogP contribution < -0.4 is 5.32 Å². The van der Waals surface area contributed by atoms with E-state index in [2.05, 4.69) is 58.3 Å². The van der Waals surface area contributed by atoms with E-state index < -0.39 is 0 Å². The number of fused-ring (bicyclic) bond motifs is 2. The highest BCUT2D eigenvalue weighted by molar-refractivity contribution is 9.10. The van der Waals surface area contributed by atoms with E-state index in [1.807, 2.05) is 0 Å². The number of benzene rings is 1. The SMILES string of the molecule is Cc1ccc(Br)c(NC2CC3CCC(C2)N3C)c1. The number of hydrogen-bond acceptors (Lipinski definition) is 2. The first-order valence-corrected chi connectivity index (χ1v) is 7.67. The largest absolute Gasteiger partial charge is 0.381 e. The monoisotopic (exact) mass is 308 g/mol. The Morgan fingerprint density at radius 2 is 1.89 bits per heavy atom. The summed E-state index contributed by atoms with van der Waals surface area (Å²) in [6.07, 6.45) is 5.34. The van der Waals surface area contributed by atoms with Crippen molar-refractivity contribution in [2.24, 2.45) is 0 Å². The second kappa shape index (κ2) is 4.86. The number of rotatable bonds is 2. The highest BCUT2D eigenvalue weighted by atomic mass is 79.9. The molecule has 1 aromatic rings. The first kappa shape index (κ1) is 12.5. The molecule has 0 amide bonds. The summed E-state index contributed by atoms with van der Waals surface area (Å²) < 4.78 is 1.18. The van der Waals surface area contributed by atoms with Crippen LogP contribution in [0.4, 0.5) is 5.69 Å². The van der Waals surface area contributed by atoms with Gasteiger partial charge in [-0.15, -0.1) is 0 Å². The van der Waals surface area contributed by atoms with Gasteiger partial charge in [0.25, 0.3) is 0 Å². The van der Waals surface area contributed by atoms with E-state index in [4.69, 9.17) is 0 Å². The lowest BCUT2D eigenvalue weighted by atomic mass is 9.97. The molecular weight excluding hydrogens is 288 g/mol. The standard InChI is InChI=1S/C15H21BrN2/c1-10-3-6-14(16)15(7-10)17-11-8-12-4-5-13(9-11)18(12)2/h3,6-7,11-13,17H,4-5,8-9H2,1-2H3. The van der Waals surface area contributed by atoms with Crippen molar-refractivity contribution in [3.8, 4) is 0 Å². The average Bonchev–Trinajstić information content (AvgIpc) is 2.58. The highest BCUT2D eigenvalue weighted by Gasteiger charge is 2.38. The van der Waals surface area contributed by atoms with Gasteiger partial charge < -0.3 is 10.2 Å². The van der Waals surface area contributed by atoms with E-state index >= 15 is 0 Å². The van der Waals surface area contributed by atoms with Crippen LogP contribution in [0.3, 0.4) is 0 Å². The summed E-state index contributed by atoms with van der Waals surface area (Å²) in [5.41, 5.74) is 2.57. The molecule has 2 fully saturated rings. The number of hydrogen-bond donors (Lipinski definition) is 1. The van der Waals surface area contributed by atoms with Gasteiger partial charge >= 0.3 is 0 Å². The quantitative estimate of drug-likeness (QED) is 0.894. The van der Waals surface area contributed by atoms with Gasteiger partial charge in [0.05, 0.1) is 0 Å². The Morgan fingerprint density at radius 3 is 2.56 bits per heavy atom. The fourth-order valence-electron chi connectivity index (χ4n) is 3.50. The predicted molar refractivity (Wildman–Crippen MR) is 80.1 cm³/mol. The van der Waals surface area contributed by atoms with Gasteiger partial charge in [-0.2, -0.15) is 0 Å². The summed E-state index contributed by atoms with van der Waals surface area (Å²) in [7, 11) is 2.29. The first-order chi connectivity index (χ1) is 8.63. The second-order valence-corrected chi connectivity index (χ2v) is 6.70. The summed E-state index contributed by atoms with van der Waals surface area (Å²) in [4.78, 5) is 2.59. The predicted octanol–water partition coefficient (Wildman–Crippen LogP) is 3.79. The molecule has 2 unspecified atom stereocenters. The first-order valence-electron chi connectivity index (χ1n) is 6.88. The van der Waals surface area contributed by atoms with Gasteiger partial charge in [0.2, 0.25) is 0 Å². The zero-order chi connectivity index (χ0) is 12.7. The minimum Gasteiger partial charge on any atom is -0.381 e. The van der Waals surface area contributed by atoms with Crippen molar-refractivity contribution < 1.29 is 0 Å². The van der Waals surface area contributed by atoms with Crippen LogP contribution in [0.5, 0.6) is 0 Å². The van der Waals surface area contributed by atoms with Crippen molar-refractivity contribution in [2.45, 2.75) is 50.7 Å². The highest BCUT2D eigenvalue weighted by Crippen LogP contribution is 2.36. The molecule has 2 aliphatic rings. The Hall–Kier alpha value is -0.540. The number of halogens is 1. The van der Waals surface area contributed by atoms with E-state index in [1.165, 1.54) is 41.4 Å². The van der Waals surface area contributed by atoms with Gasteiger partial charge in [-0.05, 0) is 73.3 Å². The molecule has 18 heavy (non-hydrogen) atoms. The van der Waals surface area contributed by atoms with Gasteiger partial charge in [-0.25, -0.2) is 0 Å². The Kier molecular flexibility index (Phi) is 3.37. The number of nitrogens with one attached hydrogen (secondary N) is 1. The van der Waals surface area contributed by atoms with Crippen LogP contribution in [0.15, 0.2) is 22.7 Å². The molecule has 0 radical (unpaired) electrons. The van der Waals surface area contributed by atoms with Gasteiger partial charge in [0.15, 0.2) is 0 Å². The maximum Gasteiger partial charge on any atom is 0.0489 e. The summed E-state index contributed by atoms with van der Waals surface area (Å²) in [6.45, 7) is 2.15. The van der Waals surface area contributed by atoms with Crippen molar-refractivity contribution in [3.05, 3.63) is 28.2 Å². The molecule has 1 N–H and O–H groups in total. The summed E-state index contributed by atoms with van der Waals surface area (Å²) in [5, 5.41) is 3.74. The Bertz CT molecular complexity index is 432. The summed E-state index contributed by atoms with van der Waals surface area (Å²) >= 11 is 3.64. The van der Waals surface area contributed by atoms with Crippen molar-refractivity contribution in [3.63, 3.8) is 0 Å². The molecule has 3 rings (SSSR count). The van der Waals surface area contributed by atoms with Crippen LogP contribution in [0.1, 0.15) is 31.2 Å². The number of anilines is 1. The molecule has 3 heteroatoms. The molecule has 2 atom stereocenters. The topological polar surface area (TPSA) is 15.3 Å². The zero-order valence-corrected chi connectivity index (χ0v) is 12.7. The van der Waals surface area contributed by atoms with E-state index in [0.29, 0.717) is 6.04 Å². The molecule has 2 saturated heterocycles. The lowest BCUT2D eigenvalue weighted by molar-refractivity contribution is 0.169. The van der Waals surface area contributed by atoms with Crippen molar-refractivity contribution in [2.75, 3.05) is 12.4 Å². The van der Waals surface area contributed by atoms with E-state index in [-0.39, 0.29) is 0 Å². The maximum absolute atomic E-state index is 3.74. The Balaban J connectivity index is 1.72. The molecular formula is C15H21BrN2. The lowest BCUT2D eigenvalue weighted by Gasteiger charge is -2.37. The van der Waals surface area contributed by atoms with Crippen LogP contribution in [0.25, 0.3) is 0 Å². The molecule has 0 spiro atoms. The molecule has 2 aliphatic heterocycles. The molecule has 2 heterocycles. The third-order valence-corrected chi connectivity index (χ3v) is 5.27. The van der Waals surface area contributed by atoms with Crippen LogP contribution in [0.2, 0.25) is 0 Å². The van der Waals surface area contributed by atoms with E-state index in [0.717, 1.165) is 12.1 Å². The molecule has 1 aromatic carbocycles. The lowest BCUT2D eigenvalue weighted by Crippen LogP contribution is -2.44. The second-order valence-electron chi connectivity index (χ2n) is 5.85. The van der Waals surface area contributed by atoms with Gasteiger partial charge in [-0.3, -0.25) is 0 Å². The Morgan fingerprint density at radius 1 is 1.22 bits per heavy atom. The van der Waals surface area contributed by atoms with Crippen LogP contribution >= 0.6 is 15.9 Å². The number of aryl methyl sites for hydroxylation is 1. The number of piperidine rings is 1. The fraction of sp³-hybridized carbons (Fsp3) is 0.600. The van der Waals surface area contributed by atoms with Crippen molar-refractivity contribution >= 4 is 21.6 Å². The molecule has 0 aliphatic carbocycles. The third-order valence-electron chi connectivity index (χ3n) is 4.58. The maximum atomic E-state index is 3.74. The molecule has 0 aromatic heterocycles.